The van der Waals surface area contributed by atoms with E-state index in [-0.39, 0.29) is 6.04 Å². The van der Waals surface area contributed by atoms with Gasteiger partial charge >= 0.3 is 6.18 Å². The molecule has 7 nitrogen and oxygen atoms in total. The molecule has 2 aliphatic heterocycles. The van der Waals surface area contributed by atoms with Crippen LogP contribution in [0.3, 0.4) is 0 Å². The third-order valence-electron chi connectivity index (χ3n) is 6.45. The Balaban J connectivity index is 1.49. The van der Waals surface area contributed by atoms with Crippen molar-refractivity contribution in [3.8, 4) is 11.6 Å². The summed E-state index contributed by atoms with van der Waals surface area (Å²) in [6.45, 7) is 4.52. The highest BCUT2D eigenvalue weighted by atomic mass is 32.1. The van der Waals surface area contributed by atoms with Gasteiger partial charge in [0.15, 0.2) is 0 Å². The number of pyridine rings is 1. The number of piperazine rings is 1. The number of rotatable bonds is 4. The van der Waals surface area contributed by atoms with Crippen molar-refractivity contribution in [2.45, 2.75) is 25.7 Å². The zero-order valence-electron chi connectivity index (χ0n) is 20.1. The predicted molar refractivity (Wildman–Crippen MR) is 135 cm³/mol. The maximum absolute atomic E-state index is 13.6. The molecule has 0 radical (unpaired) electrons. The maximum atomic E-state index is 13.6. The molecular formula is C25H26F3N5O2S. The van der Waals surface area contributed by atoms with E-state index in [1.165, 1.54) is 13.2 Å². The van der Waals surface area contributed by atoms with Gasteiger partial charge in [0.1, 0.15) is 5.75 Å². The number of hydrogen-bond acceptors (Lipinski definition) is 8. The van der Waals surface area contributed by atoms with E-state index in [1.54, 1.807) is 24.6 Å². The highest BCUT2D eigenvalue weighted by molar-refractivity contribution is 7.10. The molecule has 5 rings (SSSR count). The summed E-state index contributed by atoms with van der Waals surface area (Å²) in [5.74, 6) is 1.54. The molecule has 1 atom stereocenters. The molecule has 0 aliphatic carbocycles. The van der Waals surface area contributed by atoms with E-state index in [1.807, 2.05) is 28.5 Å². The van der Waals surface area contributed by atoms with Crippen LogP contribution in [0.15, 0.2) is 53.0 Å². The highest BCUT2D eigenvalue weighted by Gasteiger charge is 2.36. The van der Waals surface area contributed by atoms with Gasteiger partial charge in [0.25, 0.3) is 0 Å². The second-order valence-electron chi connectivity index (χ2n) is 8.66. The van der Waals surface area contributed by atoms with Crippen molar-refractivity contribution in [2.24, 2.45) is 4.99 Å². The van der Waals surface area contributed by atoms with Crippen molar-refractivity contribution in [1.29, 1.82) is 0 Å². The van der Waals surface area contributed by atoms with Crippen LogP contribution in [-0.2, 0) is 12.7 Å². The molecule has 1 aromatic carbocycles. The molecule has 4 heterocycles. The van der Waals surface area contributed by atoms with Crippen LogP contribution >= 0.6 is 11.3 Å². The van der Waals surface area contributed by atoms with Crippen molar-refractivity contribution in [2.75, 3.05) is 43.7 Å². The Hall–Kier alpha value is -3.47. The third-order valence-corrected chi connectivity index (χ3v) is 7.35. The largest absolute Gasteiger partial charge is 0.495 e. The van der Waals surface area contributed by atoms with E-state index >= 15 is 0 Å². The first-order valence-electron chi connectivity index (χ1n) is 11.5. The Bertz CT molecular complexity index is 1280. The topological polar surface area (TPSA) is 53.4 Å². The third kappa shape index (κ3) is 4.55. The standard InChI is InChI=1S/C25H26F3N5O2S/c1-16-14-31(9-10-32(16)18-6-8-29-23(13-18)35-3)24-30-19-7-11-36-22(19)15-33(24)20-12-17(25(26,27)28)4-5-21(20)34-2/h4-8,11-13,16H,9-10,14-15H2,1-3H3/t16-/m1/s1. The summed E-state index contributed by atoms with van der Waals surface area (Å²) in [7, 11) is 3.05. The Labute approximate surface area is 211 Å². The van der Waals surface area contributed by atoms with Crippen LogP contribution in [0.25, 0.3) is 0 Å². The molecule has 1 fully saturated rings. The summed E-state index contributed by atoms with van der Waals surface area (Å²) in [5, 5.41) is 1.95. The maximum Gasteiger partial charge on any atom is 0.416 e. The number of thiophene rings is 1. The fraction of sp³-hybridized carbons (Fsp3) is 0.360. The van der Waals surface area contributed by atoms with Gasteiger partial charge in [0.2, 0.25) is 11.8 Å². The van der Waals surface area contributed by atoms with E-state index in [0.29, 0.717) is 49.5 Å². The van der Waals surface area contributed by atoms with Gasteiger partial charge in [-0.25, -0.2) is 9.98 Å². The van der Waals surface area contributed by atoms with Crippen LogP contribution < -0.4 is 19.3 Å². The number of guanidine groups is 1. The summed E-state index contributed by atoms with van der Waals surface area (Å²) in [6, 6.07) is 9.48. The molecule has 11 heteroatoms. The van der Waals surface area contributed by atoms with Crippen LogP contribution in [0.2, 0.25) is 0 Å². The van der Waals surface area contributed by atoms with Crippen molar-refractivity contribution >= 4 is 34.4 Å². The lowest BCUT2D eigenvalue weighted by Gasteiger charge is -2.45. The van der Waals surface area contributed by atoms with Crippen LogP contribution in [0.1, 0.15) is 17.4 Å². The van der Waals surface area contributed by atoms with Gasteiger partial charge in [0, 0.05) is 43.6 Å². The average molecular weight is 518 g/mol. The Morgan fingerprint density at radius 2 is 1.89 bits per heavy atom. The number of halogens is 3. The average Bonchev–Trinajstić information content (AvgIpc) is 3.34. The normalized spacial score (nSPS) is 18.1. The number of benzene rings is 1. The molecule has 36 heavy (non-hydrogen) atoms. The second kappa shape index (κ2) is 9.53. The number of nitrogens with zero attached hydrogens (tertiary/aromatic N) is 5. The molecule has 1 saturated heterocycles. The molecule has 0 saturated carbocycles. The summed E-state index contributed by atoms with van der Waals surface area (Å²) in [5.41, 5.74) is 1.49. The van der Waals surface area contributed by atoms with E-state index in [4.69, 9.17) is 14.5 Å². The zero-order chi connectivity index (χ0) is 25.4. The monoisotopic (exact) mass is 517 g/mol. The molecule has 0 unspecified atom stereocenters. The number of methoxy groups -OCH3 is 2. The van der Waals surface area contributed by atoms with E-state index in [2.05, 4.69) is 21.7 Å². The number of alkyl halides is 3. The van der Waals surface area contributed by atoms with Gasteiger partial charge in [-0.2, -0.15) is 13.2 Å². The molecule has 190 valence electrons. The van der Waals surface area contributed by atoms with Crippen LogP contribution in [0, 0.1) is 0 Å². The zero-order valence-corrected chi connectivity index (χ0v) is 20.9. The lowest BCUT2D eigenvalue weighted by molar-refractivity contribution is -0.137. The number of hydrogen-bond donors (Lipinski definition) is 0. The molecule has 2 aromatic heterocycles. The fourth-order valence-electron chi connectivity index (χ4n) is 4.66. The summed E-state index contributed by atoms with van der Waals surface area (Å²) in [6.07, 6.45) is -2.74. The lowest BCUT2D eigenvalue weighted by Crippen LogP contribution is -2.57. The minimum Gasteiger partial charge on any atom is -0.495 e. The number of aliphatic imine (C=N–C) groups is 1. The summed E-state index contributed by atoms with van der Waals surface area (Å²) in [4.78, 5) is 16.3. The van der Waals surface area contributed by atoms with Gasteiger partial charge in [-0.1, -0.05) is 0 Å². The molecule has 0 amide bonds. The lowest BCUT2D eigenvalue weighted by atomic mass is 10.1. The van der Waals surface area contributed by atoms with Gasteiger partial charge in [-0.05, 0) is 42.6 Å². The van der Waals surface area contributed by atoms with Crippen molar-refractivity contribution < 1.29 is 22.6 Å². The number of ether oxygens (including phenoxy) is 2. The SMILES string of the molecule is COc1cc(N2CCN(C3=Nc4ccsc4CN3c3cc(C(F)(F)F)ccc3OC)C[C@H]2C)ccn1. The first-order chi connectivity index (χ1) is 17.3. The number of aromatic nitrogens is 1. The minimum atomic E-state index is -4.46. The first kappa shape index (κ1) is 24.2. The predicted octanol–water partition coefficient (Wildman–Crippen LogP) is 5.40. The molecule has 2 aliphatic rings. The first-order valence-corrected chi connectivity index (χ1v) is 12.4. The van der Waals surface area contributed by atoms with Crippen molar-refractivity contribution in [3.63, 3.8) is 0 Å². The molecular weight excluding hydrogens is 491 g/mol. The fourth-order valence-corrected chi connectivity index (χ4v) is 5.46. The highest BCUT2D eigenvalue weighted by Crippen LogP contribution is 2.41. The Kier molecular flexibility index (Phi) is 6.42. The molecule has 0 bridgehead atoms. The van der Waals surface area contributed by atoms with Crippen LogP contribution in [-0.4, -0.2) is 55.7 Å². The second-order valence-corrected chi connectivity index (χ2v) is 9.66. The molecule has 3 aromatic rings. The van der Waals surface area contributed by atoms with E-state index < -0.39 is 11.7 Å². The smallest absolute Gasteiger partial charge is 0.416 e. The van der Waals surface area contributed by atoms with Crippen LogP contribution in [0.5, 0.6) is 11.6 Å². The van der Waals surface area contributed by atoms with Gasteiger partial charge < -0.3 is 24.2 Å². The van der Waals surface area contributed by atoms with Crippen molar-refractivity contribution in [1.82, 2.24) is 9.88 Å². The van der Waals surface area contributed by atoms with E-state index in [0.717, 1.165) is 28.4 Å². The Morgan fingerprint density at radius 1 is 1.06 bits per heavy atom. The quantitative estimate of drug-likeness (QED) is 0.462. The van der Waals surface area contributed by atoms with Gasteiger partial charge in [-0.15, -0.1) is 11.3 Å². The molecule has 0 spiro atoms. The summed E-state index contributed by atoms with van der Waals surface area (Å²) < 4.78 is 51.6. The summed E-state index contributed by atoms with van der Waals surface area (Å²) >= 11 is 1.54. The van der Waals surface area contributed by atoms with E-state index in [9.17, 15) is 13.2 Å². The van der Waals surface area contributed by atoms with Gasteiger partial charge in [0.05, 0.1) is 42.6 Å². The number of fused-ring (bicyclic) bond motifs is 1. The Morgan fingerprint density at radius 3 is 2.61 bits per heavy atom. The minimum absolute atomic E-state index is 0.114. The van der Waals surface area contributed by atoms with Crippen LogP contribution in [0.4, 0.5) is 30.2 Å². The molecule has 0 N–H and O–H groups in total. The number of anilines is 2. The van der Waals surface area contributed by atoms with Gasteiger partial charge in [-0.3, -0.25) is 0 Å². The van der Waals surface area contributed by atoms with Crippen molar-refractivity contribution in [3.05, 3.63) is 58.4 Å².